The third kappa shape index (κ3) is 2.58. The fourth-order valence-corrected chi connectivity index (χ4v) is 3.98. The first kappa shape index (κ1) is 13.1. The van der Waals surface area contributed by atoms with E-state index in [4.69, 9.17) is 28.3 Å². The van der Waals surface area contributed by atoms with Crippen molar-refractivity contribution in [1.29, 1.82) is 0 Å². The molecule has 1 saturated heterocycles. The molecule has 0 radical (unpaired) electrons. The van der Waals surface area contributed by atoms with Crippen LogP contribution in [0, 0.1) is 5.92 Å². The van der Waals surface area contributed by atoms with Gasteiger partial charge in [0.2, 0.25) is 10.0 Å². The molecule has 0 unspecified atom stereocenters. The van der Waals surface area contributed by atoms with Crippen LogP contribution in [-0.4, -0.2) is 37.5 Å². The van der Waals surface area contributed by atoms with Gasteiger partial charge in [0.15, 0.2) is 0 Å². The average molecular weight is 296 g/mol. The van der Waals surface area contributed by atoms with Crippen molar-refractivity contribution < 1.29 is 13.5 Å². The lowest BCUT2D eigenvalue weighted by atomic mass is 10.1. The molecule has 1 N–H and O–H groups in total. The molecule has 0 atom stereocenters. The van der Waals surface area contributed by atoms with E-state index in [0.29, 0.717) is 13.1 Å². The number of hydrogen-bond acceptors (Lipinski definition) is 3. The minimum absolute atomic E-state index is 0.00230. The van der Waals surface area contributed by atoms with Crippen molar-refractivity contribution in [2.45, 2.75) is 4.90 Å². The minimum Gasteiger partial charge on any atom is -0.396 e. The van der Waals surface area contributed by atoms with Gasteiger partial charge in [-0.3, -0.25) is 0 Å². The maximum absolute atomic E-state index is 12.1. The maximum atomic E-state index is 12.1. The summed E-state index contributed by atoms with van der Waals surface area (Å²) in [6.45, 7) is 0.675. The molecule has 1 aliphatic heterocycles. The Hall–Kier alpha value is -0.330. The SMILES string of the molecule is O=S(=O)(c1cc(Cl)cc(Cl)c1)N1CC(CO)C1. The van der Waals surface area contributed by atoms with Crippen LogP contribution in [0.2, 0.25) is 10.0 Å². The van der Waals surface area contributed by atoms with Crippen molar-refractivity contribution >= 4 is 33.2 Å². The monoisotopic (exact) mass is 295 g/mol. The number of hydrogen-bond donors (Lipinski definition) is 1. The Balaban J connectivity index is 2.27. The number of benzene rings is 1. The smallest absolute Gasteiger partial charge is 0.243 e. The molecule has 7 heteroatoms. The molecule has 0 saturated carbocycles. The zero-order valence-corrected chi connectivity index (χ0v) is 11.1. The first-order valence-corrected chi connectivity index (χ1v) is 7.20. The van der Waals surface area contributed by atoms with Crippen molar-refractivity contribution in [3.05, 3.63) is 28.2 Å². The number of aliphatic hydroxyl groups is 1. The molecule has 1 aromatic carbocycles. The van der Waals surface area contributed by atoms with Crippen molar-refractivity contribution in [3.8, 4) is 0 Å². The Morgan fingerprint density at radius 2 is 1.76 bits per heavy atom. The largest absolute Gasteiger partial charge is 0.396 e. The predicted octanol–water partition coefficient (Wildman–Crippen LogP) is 1.61. The highest BCUT2D eigenvalue weighted by Crippen LogP contribution is 2.28. The molecule has 1 fully saturated rings. The predicted molar refractivity (Wildman–Crippen MR) is 65.8 cm³/mol. The van der Waals surface area contributed by atoms with Gasteiger partial charge < -0.3 is 5.11 Å². The Morgan fingerprint density at radius 1 is 1.24 bits per heavy atom. The first-order valence-electron chi connectivity index (χ1n) is 5.00. The molecule has 0 aromatic heterocycles. The van der Waals surface area contributed by atoms with Gasteiger partial charge in [0.05, 0.1) is 4.90 Å². The highest BCUT2D eigenvalue weighted by Gasteiger charge is 2.36. The Morgan fingerprint density at radius 3 is 2.24 bits per heavy atom. The van der Waals surface area contributed by atoms with E-state index in [1.54, 1.807) is 0 Å². The van der Waals surface area contributed by atoms with E-state index >= 15 is 0 Å². The molecule has 1 aliphatic rings. The molecule has 94 valence electrons. The summed E-state index contributed by atoms with van der Waals surface area (Å²) in [5.41, 5.74) is 0. The summed E-state index contributed by atoms with van der Waals surface area (Å²) in [7, 11) is -3.54. The van der Waals surface area contributed by atoms with E-state index in [2.05, 4.69) is 0 Å². The fourth-order valence-electron chi connectivity index (χ4n) is 1.66. The van der Waals surface area contributed by atoms with E-state index in [1.807, 2.05) is 0 Å². The molecule has 2 rings (SSSR count). The topological polar surface area (TPSA) is 57.6 Å². The number of sulfonamides is 1. The van der Waals surface area contributed by atoms with Crippen molar-refractivity contribution in [1.82, 2.24) is 4.31 Å². The summed E-state index contributed by atoms with van der Waals surface area (Å²) in [5.74, 6) is 0.0273. The third-order valence-corrected chi connectivity index (χ3v) is 4.90. The van der Waals surface area contributed by atoms with Gasteiger partial charge in [-0.15, -0.1) is 0 Å². The lowest BCUT2D eigenvalue weighted by molar-refractivity contribution is 0.117. The van der Waals surface area contributed by atoms with Crippen LogP contribution >= 0.6 is 23.2 Å². The van der Waals surface area contributed by atoms with Crippen molar-refractivity contribution in [2.75, 3.05) is 19.7 Å². The van der Waals surface area contributed by atoms with Gasteiger partial charge >= 0.3 is 0 Å². The second-order valence-electron chi connectivity index (χ2n) is 3.98. The van der Waals surface area contributed by atoms with Crippen molar-refractivity contribution in [2.24, 2.45) is 5.92 Å². The molecule has 4 nitrogen and oxygen atoms in total. The van der Waals surface area contributed by atoms with Gasteiger partial charge in [-0.1, -0.05) is 23.2 Å². The van der Waals surface area contributed by atoms with E-state index in [9.17, 15) is 8.42 Å². The van der Waals surface area contributed by atoms with Gasteiger partial charge in [-0.25, -0.2) is 8.42 Å². The fraction of sp³-hybridized carbons (Fsp3) is 0.400. The average Bonchev–Trinajstić information content (AvgIpc) is 2.13. The Bertz CT molecular complexity index is 506. The number of rotatable bonds is 3. The summed E-state index contributed by atoms with van der Waals surface area (Å²) in [6.07, 6.45) is 0. The molecule has 1 aromatic rings. The molecule has 0 bridgehead atoms. The minimum atomic E-state index is -3.54. The van der Waals surface area contributed by atoms with Crippen molar-refractivity contribution in [3.63, 3.8) is 0 Å². The molecule has 17 heavy (non-hydrogen) atoms. The molecule has 0 aliphatic carbocycles. The quantitative estimate of drug-likeness (QED) is 0.922. The number of nitrogens with zero attached hydrogens (tertiary/aromatic N) is 1. The second-order valence-corrected chi connectivity index (χ2v) is 6.79. The van der Waals surface area contributed by atoms with Gasteiger partial charge in [0.1, 0.15) is 0 Å². The molecule has 0 amide bonds. The van der Waals surface area contributed by atoms with Crippen LogP contribution in [0.5, 0.6) is 0 Å². The van der Waals surface area contributed by atoms with Gasteiger partial charge in [0, 0.05) is 35.7 Å². The maximum Gasteiger partial charge on any atom is 0.243 e. The molecule has 0 spiro atoms. The summed E-state index contributed by atoms with van der Waals surface area (Å²) in [5, 5.41) is 9.44. The molecular weight excluding hydrogens is 285 g/mol. The van der Waals surface area contributed by atoms with Gasteiger partial charge in [-0.05, 0) is 18.2 Å². The number of aliphatic hydroxyl groups excluding tert-OH is 1. The lowest BCUT2D eigenvalue weighted by Crippen LogP contribution is -2.51. The first-order chi connectivity index (χ1) is 7.93. The van der Waals surface area contributed by atoms with E-state index in [1.165, 1.54) is 22.5 Å². The molecular formula is C10H11Cl2NO3S. The highest BCUT2D eigenvalue weighted by molar-refractivity contribution is 7.89. The number of halogens is 2. The van der Waals surface area contributed by atoms with E-state index in [0.717, 1.165) is 0 Å². The summed E-state index contributed by atoms with van der Waals surface area (Å²) in [6, 6.07) is 4.22. The Kier molecular flexibility index (Phi) is 3.66. The van der Waals surface area contributed by atoms with Gasteiger partial charge in [-0.2, -0.15) is 4.31 Å². The van der Waals surface area contributed by atoms with Crippen LogP contribution in [0.1, 0.15) is 0 Å². The second kappa shape index (κ2) is 4.74. The standard InChI is InChI=1S/C10H11Cl2NO3S/c11-8-1-9(12)3-10(2-8)17(15,16)13-4-7(5-13)6-14/h1-3,7,14H,4-6H2. The third-order valence-electron chi connectivity index (χ3n) is 2.66. The van der Waals surface area contributed by atoms with Crippen LogP contribution in [0.3, 0.4) is 0 Å². The van der Waals surface area contributed by atoms with Crippen LogP contribution in [0.4, 0.5) is 0 Å². The van der Waals surface area contributed by atoms with Gasteiger partial charge in [0.25, 0.3) is 0 Å². The Labute approximate surface area is 110 Å². The molecule has 1 heterocycles. The normalized spacial score (nSPS) is 18.1. The zero-order valence-electron chi connectivity index (χ0n) is 8.81. The highest BCUT2D eigenvalue weighted by atomic mass is 35.5. The summed E-state index contributed by atoms with van der Waals surface area (Å²) in [4.78, 5) is 0.0892. The van der Waals surface area contributed by atoms with Crippen LogP contribution in [0.25, 0.3) is 0 Å². The van der Waals surface area contributed by atoms with Crippen LogP contribution < -0.4 is 0 Å². The van der Waals surface area contributed by atoms with Crippen LogP contribution in [0.15, 0.2) is 23.1 Å². The van der Waals surface area contributed by atoms with E-state index < -0.39 is 10.0 Å². The summed E-state index contributed by atoms with van der Waals surface area (Å²) < 4.78 is 25.5. The zero-order chi connectivity index (χ0) is 12.6. The summed E-state index contributed by atoms with van der Waals surface area (Å²) >= 11 is 11.5. The van der Waals surface area contributed by atoms with E-state index in [-0.39, 0.29) is 27.5 Å². The lowest BCUT2D eigenvalue weighted by Gasteiger charge is -2.36. The van der Waals surface area contributed by atoms with Crippen LogP contribution in [-0.2, 0) is 10.0 Å².